The van der Waals surface area contributed by atoms with E-state index in [1.165, 1.54) is 0 Å². The van der Waals surface area contributed by atoms with Gasteiger partial charge in [-0.25, -0.2) is 0 Å². The second-order valence-electron chi connectivity index (χ2n) is 5.40. The minimum absolute atomic E-state index is 0.0391. The maximum absolute atomic E-state index is 9.23. The molecule has 2 aromatic rings. The van der Waals surface area contributed by atoms with Crippen LogP contribution in [0.5, 0.6) is 11.5 Å². The van der Waals surface area contributed by atoms with Crippen molar-refractivity contribution in [1.82, 2.24) is 0 Å². The fraction of sp³-hybridized carbons (Fsp3) is 0.300. The second kappa shape index (κ2) is 9.92. The average Bonchev–Trinajstić information content (AvgIpc) is 2.65. The minimum atomic E-state index is -0.0391. The van der Waals surface area contributed by atoms with Crippen LogP contribution >= 0.6 is 0 Å². The number of benzene rings is 2. The van der Waals surface area contributed by atoms with Crippen LogP contribution in [0.15, 0.2) is 54.6 Å². The van der Waals surface area contributed by atoms with Crippen molar-refractivity contribution >= 4 is 0 Å². The highest BCUT2D eigenvalue weighted by Gasteiger charge is 2.08. The molecule has 0 heterocycles. The quantitative estimate of drug-likeness (QED) is 0.645. The van der Waals surface area contributed by atoms with Crippen molar-refractivity contribution in [3.63, 3.8) is 0 Å². The van der Waals surface area contributed by atoms with Gasteiger partial charge in [-0.2, -0.15) is 10.5 Å². The first-order valence-corrected chi connectivity index (χ1v) is 8.02. The van der Waals surface area contributed by atoms with E-state index in [0.717, 1.165) is 24.3 Å². The van der Waals surface area contributed by atoms with Crippen LogP contribution in [-0.2, 0) is 0 Å². The first kappa shape index (κ1) is 17.4. The lowest BCUT2D eigenvalue weighted by Gasteiger charge is -2.11. The summed E-state index contributed by atoms with van der Waals surface area (Å²) in [7, 11) is 0. The Balaban J connectivity index is 1.63. The molecule has 4 heteroatoms. The topological polar surface area (TPSA) is 66.0 Å². The van der Waals surface area contributed by atoms with E-state index in [0.29, 0.717) is 25.2 Å². The molecule has 1 unspecified atom stereocenters. The molecule has 24 heavy (non-hydrogen) atoms. The lowest BCUT2D eigenvalue weighted by molar-refractivity contribution is 0.271. The van der Waals surface area contributed by atoms with Crippen LogP contribution in [0, 0.1) is 28.6 Å². The fourth-order valence-corrected chi connectivity index (χ4v) is 2.25. The van der Waals surface area contributed by atoms with Crippen LogP contribution in [0.2, 0.25) is 0 Å². The zero-order valence-electron chi connectivity index (χ0n) is 13.5. The number of rotatable bonds is 9. The summed E-state index contributed by atoms with van der Waals surface area (Å²) in [4.78, 5) is 0. The van der Waals surface area contributed by atoms with Crippen LogP contribution in [0.4, 0.5) is 0 Å². The van der Waals surface area contributed by atoms with Gasteiger partial charge in [0.25, 0.3) is 0 Å². The van der Waals surface area contributed by atoms with Crippen molar-refractivity contribution in [1.29, 1.82) is 10.5 Å². The molecule has 0 amide bonds. The van der Waals surface area contributed by atoms with E-state index in [4.69, 9.17) is 14.7 Å². The van der Waals surface area contributed by atoms with Gasteiger partial charge in [-0.3, -0.25) is 0 Å². The van der Waals surface area contributed by atoms with E-state index in [2.05, 4.69) is 12.1 Å². The molecule has 4 nitrogen and oxygen atoms in total. The average molecular weight is 320 g/mol. The molecule has 0 aliphatic rings. The van der Waals surface area contributed by atoms with Gasteiger partial charge in [0.2, 0.25) is 0 Å². The third-order valence-corrected chi connectivity index (χ3v) is 3.61. The Kier molecular flexibility index (Phi) is 7.18. The van der Waals surface area contributed by atoms with Gasteiger partial charge in [-0.05, 0) is 55.7 Å². The van der Waals surface area contributed by atoms with Gasteiger partial charge >= 0.3 is 0 Å². The van der Waals surface area contributed by atoms with E-state index in [1.54, 1.807) is 24.3 Å². The van der Waals surface area contributed by atoms with Crippen molar-refractivity contribution < 1.29 is 9.47 Å². The minimum Gasteiger partial charge on any atom is -0.494 e. The van der Waals surface area contributed by atoms with Crippen molar-refractivity contribution in [3.8, 4) is 23.6 Å². The maximum Gasteiger partial charge on any atom is 0.119 e. The number of para-hydroxylation sites is 1. The third-order valence-electron chi connectivity index (χ3n) is 3.61. The Hall–Kier alpha value is -2.98. The van der Waals surface area contributed by atoms with Gasteiger partial charge in [0.05, 0.1) is 30.9 Å². The van der Waals surface area contributed by atoms with Crippen molar-refractivity contribution in [2.24, 2.45) is 5.92 Å². The van der Waals surface area contributed by atoms with E-state index in [9.17, 15) is 5.26 Å². The SMILES string of the molecule is N#Cc1ccc(OCCC(C#N)CCCOc2ccccc2)cc1. The van der Waals surface area contributed by atoms with Crippen LogP contribution in [0.25, 0.3) is 0 Å². The molecule has 0 fully saturated rings. The molecule has 0 N–H and O–H groups in total. The smallest absolute Gasteiger partial charge is 0.119 e. The van der Waals surface area contributed by atoms with Crippen LogP contribution in [-0.4, -0.2) is 13.2 Å². The zero-order chi connectivity index (χ0) is 17.0. The van der Waals surface area contributed by atoms with Crippen molar-refractivity contribution in [2.75, 3.05) is 13.2 Å². The molecule has 0 bridgehead atoms. The number of nitriles is 2. The summed E-state index contributed by atoms with van der Waals surface area (Å²) < 4.78 is 11.3. The van der Waals surface area contributed by atoms with Crippen LogP contribution in [0.3, 0.4) is 0 Å². The standard InChI is InChI=1S/C20H20N2O2/c21-15-17(5-4-13-23-19-6-2-1-3-7-19)12-14-24-20-10-8-18(16-22)9-11-20/h1-3,6-11,17H,4-5,12-14H2. The van der Waals surface area contributed by atoms with Gasteiger partial charge in [-0.15, -0.1) is 0 Å². The zero-order valence-corrected chi connectivity index (χ0v) is 13.5. The van der Waals surface area contributed by atoms with E-state index in [-0.39, 0.29) is 5.92 Å². The predicted molar refractivity (Wildman–Crippen MR) is 91.5 cm³/mol. The fourth-order valence-electron chi connectivity index (χ4n) is 2.25. The van der Waals surface area contributed by atoms with Gasteiger partial charge < -0.3 is 9.47 Å². The van der Waals surface area contributed by atoms with Gasteiger partial charge in [0.1, 0.15) is 11.5 Å². The molecule has 122 valence electrons. The Bertz CT molecular complexity index is 684. The molecular formula is C20H20N2O2. The summed E-state index contributed by atoms with van der Waals surface area (Å²) in [5.74, 6) is 1.54. The first-order chi connectivity index (χ1) is 11.8. The van der Waals surface area contributed by atoms with Gasteiger partial charge in [0, 0.05) is 5.92 Å². The molecular weight excluding hydrogens is 300 g/mol. The van der Waals surface area contributed by atoms with E-state index in [1.807, 2.05) is 30.3 Å². The van der Waals surface area contributed by atoms with Crippen LogP contribution in [0.1, 0.15) is 24.8 Å². The number of hydrogen-bond acceptors (Lipinski definition) is 4. The summed E-state index contributed by atoms with van der Waals surface area (Å²) >= 11 is 0. The summed E-state index contributed by atoms with van der Waals surface area (Å²) in [6.45, 7) is 1.10. The number of nitrogens with zero attached hydrogens (tertiary/aromatic N) is 2. The molecule has 0 aliphatic carbocycles. The van der Waals surface area contributed by atoms with Crippen LogP contribution < -0.4 is 9.47 Å². The Morgan fingerprint density at radius 2 is 1.46 bits per heavy atom. The lowest BCUT2D eigenvalue weighted by Crippen LogP contribution is -2.07. The Morgan fingerprint density at radius 3 is 2.12 bits per heavy atom. The Morgan fingerprint density at radius 1 is 0.792 bits per heavy atom. The summed E-state index contributed by atoms with van der Waals surface area (Å²) in [5, 5.41) is 18.0. The normalized spacial score (nSPS) is 11.1. The highest BCUT2D eigenvalue weighted by atomic mass is 16.5. The second-order valence-corrected chi connectivity index (χ2v) is 5.40. The molecule has 0 saturated heterocycles. The van der Waals surface area contributed by atoms with E-state index < -0.39 is 0 Å². The number of ether oxygens (including phenoxy) is 2. The largest absolute Gasteiger partial charge is 0.494 e. The van der Waals surface area contributed by atoms with Crippen molar-refractivity contribution in [2.45, 2.75) is 19.3 Å². The summed E-state index contributed by atoms with van der Waals surface area (Å²) in [5.41, 5.74) is 0.607. The molecule has 0 aliphatic heterocycles. The van der Waals surface area contributed by atoms with Crippen molar-refractivity contribution in [3.05, 3.63) is 60.2 Å². The molecule has 0 spiro atoms. The summed E-state index contributed by atoms with van der Waals surface area (Å²) in [6, 6.07) is 21.1. The molecule has 0 radical (unpaired) electrons. The molecule has 2 aromatic carbocycles. The first-order valence-electron chi connectivity index (χ1n) is 8.02. The summed E-state index contributed by atoms with van der Waals surface area (Å²) in [6.07, 6.45) is 2.31. The van der Waals surface area contributed by atoms with E-state index >= 15 is 0 Å². The monoisotopic (exact) mass is 320 g/mol. The molecule has 0 saturated carbocycles. The van der Waals surface area contributed by atoms with Gasteiger partial charge in [-0.1, -0.05) is 18.2 Å². The van der Waals surface area contributed by atoms with Gasteiger partial charge in [0.15, 0.2) is 0 Å². The third kappa shape index (κ3) is 6.02. The molecule has 1 atom stereocenters. The maximum atomic E-state index is 9.23. The highest BCUT2D eigenvalue weighted by molar-refractivity contribution is 5.34. The predicted octanol–water partition coefficient (Wildman–Crippen LogP) is 4.33. The molecule has 0 aromatic heterocycles. The number of hydrogen-bond donors (Lipinski definition) is 0. The Labute approximate surface area is 142 Å². The lowest BCUT2D eigenvalue weighted by atomic mass is 10.0. The molecule has 2 rings (SSSR count). The highest BCUT2D eigenvalue weighted by Crippen LogP contribution is 2.16.